The molecule has 0 radical (unpaired) electrons. The maximum atomic E-state index is 13.9. The van der Waals surface area contributed by atoms with E-state index in [-0.39, 0.29) is 28.8 Å². The number of hydrogen-bond acceptors (Lipinski definition) is 1. The molecule has 136 valence electrons. The van der Waals surface area contributed by atoms with Crippen molar-refractivity contribution < 1.29 is 13.6 Å². The summed E-state index contributed by atoms with van der Waals surface area (Å²) in [4.78, 5) is 12.3. The van der Waals surface area contributed by atoms with Gasteiger partial charge in [-0.25, -0.2) is 0 Å². The maximum absolute atomic E-state index is 13.9. The van der Waals surface area contributed by atoms with Crippen LogP contribution in [0.2, 0.25) is 5.02 Å². The summed E-state index contributed by atoms with van der Waals surface area (Å²) in [6, 6.07) is 4.61. The van der Waals surface area contributed by atoms with Crippen molar-refractivity contribution in [2.75, 3.05) is 0 Å². The Morgan fingerprint density at radius 3 is 2.85 bits per heavy atom. The van der Waals surface area contributed by atoms with Gasteiger partial charge in [-0.05, 0) is 30.1 Å². The first-order valence-corrected chi connectivity index (χ1v) is 9.67. The average Bonchev–Trinajstić information content (AvgIpc) is 2.58. The Kier molecular flexibility index (Phi) is 5.67. The summed E-state index contributed by atoms with van der Waals surface area (Å²) in [6.45, 7) is 1.92. The van der Waals surface area contributed by atoms with Crippen LogP contribution in [0.5, 0.6) is 0 Å². The molecule has 0 fully saturated rings. The van der Waals surface area contributed by atoms with Crippen molar-refractivity contribution in [1.29, 1.82) is 0 Å². The van der Waals surface area contributed by atoms with Crippen LogP contribution in [0.3, 0.4) is 0 Å². The first-order valence-electron chi connectivity index (χ1n) is 8.21. The molecule has 26 heavy (non-hydrogen) atoms. The molecule has 0 spiro atoms. The lowest BCUT2D eigenvalue weighted by Crippen LogP contribution is -2.33. The van der Waals surface area contributed by atoms with E-state index in [4.69, 9.17) is 11.6 Å². The number of hydrogen-bond donors (Lipinski definition) is 1. The Morgan fingerprint density at radius 2 is 2.15 bits per heavy atom. The first kappa shape index (κ1) is 19.3. The van der Waals surface area contributed by atoms with E-state index in [1.807, 2.05) is 37.3 Å². The quantitative estimate of drug-likeness (QED) is 0.402. The van der Waals surface area contributed by atoms with Gasteiger partial charge in [-0.1, -0.05) is 60.2 Å². The number of carbonyl (C=O) groups excluding carboxylic acids is 1. The van der Waals surface area contributed by atoms with Crippen LogP contribution in [-0.4, -0.2) is 5.91 Å². The van der Waals surface area contributed by atoms with Gasteiger partial charge in [0.25, 0.3) is 0 Å². The van der Waals surface area contributed by atoms with Crippen LogP contribution in [0, 0.1) is 0 Å². The molecule has 0 bridgehead atoms. The minimum absolute atomic E-state index is 0.0245. The van der Waals surface area contributed by atoms with Crippen LogP contribution in [0.25, 0.3) is 0 Å². The monoisotopic (exact) mass is 487 g/mol. The highest BCUT2D eigenvalue weighted by atomic mass is 127. The highest BCUT2D eigenvalue weighted by molar-refractivity contribution is 14.1. The number of benzene rings is 1. The standard InChI is InChI=1S/C20H17ClF2INO/c1-2-3-6-12-7-4-9-14-15(11-17(26)25-19(12)14)13-8-5-10-16(18(13)21)20(22,23)24/h2-6,8-10,15H,7,11H2,1H3,(H,25,26)/b3-2-,12-6+. The molecule has 2 aliphatic rings. The van der Waals surface area contributed by atoms with Gasteiger partial charge < -0.3 is 5.32 Å². The third-order valence-electron chi connectivity index (χ3n) is 4.47. The third-order valence-corrected chi connectivity index (χ3v) is 5.48. The maximum Gasteiger partial charge on any atom is 0.323 e. The summed E-state index contributed by atoms with van der Waals surface area (Å²) in [7, 11) is 0. The number of halogens is 4. The van der Waals surface area contributed by atoms with Crippen molar-refractivity contribution in [3.8, 4) is 0 Å². The van der Waals surface area contributed by atoms with Gasteiger partial charge in [0.1, 0.15) is 0 Å². The summed E-state index contributed by atoms with van der Waals surface area (Å²) in [5, 5.41) is 2.96. The fourth-order valence-electron chi connectivity index (χ4n) is 3.29. The van der Waals surface area contributed by atoms with E-state index in [0.29, 0.717) is 12.0 Å². The van der Waals surface area contributed by atoms with E-state index in [9.17, 15) is 13.6 Å². The summed E-state index contributed by atoms with van der Waals surface area (Å²) in [5.74, 6) is -0.492. The normalized spacial score (nSPS) is 22.1. The molecule has 2 nitrogen and oxygen atoms in total. The van der Waals surface area contributed by atoms with Crippen LogP contribution in [-0.2, 0) is 8.72 Å². The van der Waals surface area contributed by atoms with Crippen LogP contribution in [0.4, 0.5) is 8.78 Å². The third kappa shape index (κ3) is 3.78. The molecular weight excluding hydrogens is 471 g/mol. The molecule has 1 amide bonds. The molecule has 0 aromatic heterocycles. The van der Waals surface area contributed by atoms with E-state index in [0.717, 1.165) is 39.4 Å². The Bertz CT molecular complexity index is 865. The SMILES string of the molecule is C/C=C\C=C1/CC=CC2=C1NC(=O)CC2c1cccc(C(F)(F)I)c1Cl. The van der Waals surface area contributed by atoms with Crippen molar-refractivity contribution in [2.24, 2.45) is 0 Å². The van der Waals surface area contributed by atoms with E-state index in [2.05, 4.69) is 5.32 Å². The summed E-state index contributed by atoms with van der Waals surface area (Å²) in [6.07, 6.45) is 10.6. The number of allylic oxidation sites excluding steroid dienone is 7. The van der Waals surface area contributed by atoms with Gasteiger partial charge in [-0.2, -0.15) is 8.78 Å². The van der Waals surface area contributed by atoms with Gasteiger partial charge in [0.15, 0.2) is 0 Å². The number of amides is 1. The summed E-state index contributed by atoms with van der Waals surface area (Å²) < 4.78 is 24.6. The highest BCUT2D eigenvalue weighted by Crippen LogP contribution is 2.46. The number of carbonyl (C=O) groups is 1. The van der Waals surface area contributed by atoms with Gasteiger partial charge in [0, 0.05) is 46.2 Å². The topological polar surface area (TPSA) is 29.1 Å². The molecule has 0 saturated heterocycles. The fraction of sp³-hybridized carbons (Fsp3) is 0.250. The zero-order chi connectivity index (χ0) is 18.9. The van der Waals surface area contributed by atoms with Crippen molar-refractivity contribution in [1.82, 2.24) is 5.32 Å². The number of alkyl halides is 3. The molecular formula is C20H17ClF2INO. The van der Waals surface area contributed by atoms with Gasteiger partial charge in [-0.3, -0.25) is 4.79 Å². The van der Waals surface area contributed by atoms with Gasteiger partial charge in [-0.15, -0.1) is 0 Å². The van der Waals surface area contributed by atoms with Crippen molar-refractivity contribution in [3.63, 3.8) is 0 Å². The molecule has 1 unspecified atom stereocenters. The number of rotatable bonds is 3. The van der Waals surface area contributed by atoms with E-state index in [1.54, 1.807) is 12.1 Å². The van der Waals surface area contributed by atoms with E-state index < -0.39 is 3.93 Å². The van der Waals surface area contributed by atoms with Gasteiger partial charge in [0.2, 0.25) is 5.91 Å². The van der Waals surface area contributed by atoms with E-state index >= 15 is 0 Å². The molecule has 6 heteroatoms. The molecule has 3 rings (SSSR count). The van der Waals surface area contributed by atoms with Crippen LogP contribution in [0.15, 0.2) is 65.4 Å². The second-order valence-electron chi connectivity index (χ2n) is 6.17. The van der Waals surface area contributed by atoms with E-state index in [1.165, 1.54) is 6.07 Å². The van der Waals surface area contributed by atoms with Crippen LogP contribution in [0.1, 0.15) is 36.8 Å². The lowest BCUT2D eigenvalue weighted by molar-refractivity contribution is -0.121. The first-order chi connectivity index (χ1) is 12.3. The molecule has 1 heterocycles. The predicted molar refractivity (Wildman–Crippen MR) is 109 cm³/mol. The molecule has 1 aliphatic heterocycles. The van der Waals surface area contributed by atoms with Gasteiger partial charge in [0.05, 0.1) is 5.02 Å². The molecule has 0 saturated carbocycles. The minimum Gasteiger partial charge on any atom is -0.326 e. The average molecular weight is 488 g/mol. The molecule has 1 aromatic rings. The van der Waals surface area contributed by atoms with Crippen molar-refractivity contribution in [3.05, 3.63) is 81.6 Å². The Labute approximate surface area is 169 Å². The predicted octanol–water partition coefficient (Wildman–Crippen LogP) is 6.14. The van der Waals surface area contributed by atoms with Crippen molar-refractivity contribution in [2.45, 2.75) is 29.6 Å². The summed E-state index contributed by atoms with van der Waals surface area (Å²) >= 11 is 7.41. The smallest absolute Gasteiger partial charge is 0.323 e. The summed E-state index contributed by atoms with van der Waals surface area (Å²) in [5.41, 5.74) is 2.98. The Morgan fingerprint density at radius 1 is 1.38 bits per heavy atom. The number of nitrogens with one attached hydrogen (secondary N) is 1. The Hall–Kier alpha value is -1.47. The molecule has 1 N–H and O–H groups in total. The Balaban J connectivity index is 2.14. The largest absolute Gasteiger partial charge is 0.326 e. The zero-order valence-electron chi connectivity index (χ0n) is 14.0. The highest BCUT2D eigenvalue weighted by Gasteiger charge is 2.35. The van der Waals surface area contributed by atoms with Crippen molar-refractivity contribution >= 4 is 40.1 Å². The van der Waals surface area contributed by atoms with Crippen LogP contribution < -0.4 is 5.32 Å². The minimum atomic E-state index is -3.07. The molecule has 1 aliphatic carbocycles. The lowest BCUT2D eigenvalue weighted by atomic mass is 9.79. The second-order valence-corrected chi connectivity index (χ2v) is 7.90. The fourth-order valence-corrected chi connectivity index (χ4v) is 4.28. The molecule has 1 aromatic carbocycles. The van der Waals surface area contributed by atoms with Gasteiger partial charge >= 0.3 is 3.93 Å². The zero-order valence-corrected chi connectivity index (χ0v) is 16.9. The molecule has 1 atom stereocenters. The van der Waals surface area contributed by atoms with Crippen LogP contribution >= 0.6 is 34.2 Å². The second kappa shape index (κ2) is 7.64. The lowest BCUT2D eigenvalue weighted by Gasteiger charge is -2.31.